The molecule has 314 valence electrons. The van der Waals surface area contributed by atoms with Crippen LogP contribution in [0.15, 0.2) is 30.3 Å². The fourth-order valence-corrected chi connectivity index (χ4v) is 6.04. The lowest BCUT2D eigenvalue weighted by Crippen LogP contribution is -2.28. The summed E-state index contributed by atoms with van der Waals surface area (Å²) in [6.07, 6.45) is 4.45. The molecular formula is C45H79ClO8. The van der Waals surface area contributed by atoms with E-state index >= 15 is 0 Å². The van der Waals surface area contributed by atoms with Crippen molar-refractivity contribution in [2.24, 2.45) is 46.3 Å². The first kappa shape index (κ1) is 53.8. The van der Waals surface area contributed by atoms with Crippen molar-refractivity contribution in [1.29, 1.82) is 0 Å². The standard InChI is InChI=1S/C19H28O4.C18H35ClO.C8H16O3/c1-14(11-17(20)15(2)12-23-19(3,4)5)18(21)22-13-16-9-7-6-8-10-16;1-13(11-17(3,4)5)9-10-15(16(19)20)14(2)12-18(6,7)8;1-6(7(9)10)5-11-8(2,3)4/h6-10,14-15H,11-13H2,1-5H3;13-15H,9-12H2,1-8H3;6H,5H2,1-4H3,(H,9,10)/t14-,15+;;6-/m1.0/s1. The molecule has 0 spiro atoms. The van der Waals surface area contributed by atoms with Crippen LogP contribution in [-0.4, -0.2) is 52.5 Å². The predicted octanol–water partition coefficient (Wildman–Crippen LogP) is 11.6. The second kappa shape index (κ2) is 25.1. The van der Waals surface area contributed by atoms with E-state index in [2.05, 4.69) is 55.4 Å². The topological polar surface area (TPSA) is 116 Å². The summed E-state index contributed by atoms with van der Waals surface area (Å²) in [5.74, 6) is -1.19. The summed E-state index contributed by atoms with van der Waals surface area (Å²) in [6.45, 7) is 35.6. The highest BCUT2D eigenvalue weighted by molar-refractivity contribution is 6.64. The second-order valence-electron chi connectivity index (χ2n) is 19.8. The smallest absolute Gasteiger partial charge is 0.309 e. The largest absolute Gasteiger partial charge is 0.481 e. The SMILES string of the molecule is CC(CCC(C(=O)Cl)C(C)CC(C)(C)C)CC(C)(C)C.C[C@@H](COC(C)(C)C)C(=O)O.C[C@H](CC(=O)[C@@H](C)COC(C)(C)C)C(=O)OCc1ccccc1. The van der Waals surface area contributed by atoms with Gasteiger partial charge in [0, 0.05) is 18.3 Å². The number of ketones is 1. The Hall–Kier alpha value is -2.29. The maximum atomic E-state index is 12.2. The van der Waals surface area contributed by atoms with Crippen LogP contribution in [0, 0.1) is 46.3 Å². The molecule has 0 radical (unpaired) electrons. The maximum absolute atomic E-state index is 12.2. The number of carboxylic acids is 1. The molecule has 0 bridgehead atoms. The highest BCUT2D eigenvalue weighted by Gasteiger charge is 2.28. The van der Waals surface area contributed by atoms with Crippen molar-refractivity contribution in [2.75, 3.05) is 13.2 Å². The van der Waals surface area contributed by atoms with E-state index in [1.165, 1.54) is 6.42 Å². The molecule has 0 heterocycles. The van der Waals surface area contributed by atoms with Gasteiger partial charge in [-0.2, -0.15) is 0 Å². The average molecular weight is 784 g/mol. The third-order valence-corrected chi connectivity index (χ3v) is 8.76. The van der Waals surface area contributed by atoms with Crippen LogP contribution in [0.25, 0.3) is 0 Å². The van der Waals surface area contributed by atoms with Crippen molar-refractivity contribution >= 4 is 34.6 Å². The van der Waals surface area contributed by atoms with E-state index < -0.39 is 17.8 Å². The lowest BCUT2D eigenvalue weighted by Gasteiger charge is -2.29. The van der Waals surface area contributed by atoms with Gasteiger partial charge in [-0.05, 0) is 114 Å². The van der Waals surface area contributed by atoms with Gasteiger partial charge in [-0.3, -0.25) is 19.2 Å². The summed E-state index contributed by atoms with van der Waals surface area (Å²) in [6, 6.07) is 9.50. The minimum Gasteiger partial charge on any atom is -0.481 e. The molecule has 0 aliphatic carbocycles. The monoisotopic (exact) mass is 783 g/mol. The van der Waals surface area contributed by atoms with Crippen LogP contribution in [0.3, 0.4) is 0 Å². The Bertz CT molecular complexity index is 1220. The second-order valence-corrected chi connectivity index (χ2v) is 20.1. The molecule has 3 unspecified atom stereocenters. The Labute approximate surface area is 335 Å². The molecule has 0 aliphatic rings. The molecular weight excluding hydrogens is 704 g/mol. The highest BCUT2D eigenvalue weighted by Crippen LogP contribution is 2.34. The Balaban J connectivity index is 0. The van der Waals surface area contributed by atoms with Crippen molar-refractivity contribution in [2.45, 2.75) is 168 Å². The van der Waals surface area contributed by atoms with Crippen LogP contribution in [-0.2, 0) is 40.0 Å². The quantitative estimate of drug-likeness (QED) is 0.116. The first-order valence-corrected chi connectivity index (χ1v) is 20.1. The zero-order valence-electron chi connectivity index (χ0n) is 37.2. The minimum atomic E-state index is -0.811. The molecule has 0 aromatic heterocycles. The van der Waals surface area contributed by atoms with Gasteiger partial charge < -0.3 is 19.3 Å². The summed E-state index contributed by atoms with van der Waals surface area (Å²) in [7, 11) is 0. The van der Waals surface area contributed by atoms with E-state index in [0.29, 0.717) is 23.9 Å². The number of Topliss-reactive ketones (excluding diaryl/α,β-unsaturated/α-hetero) is 1. The molecule has 1 N–H and O–H groups in total. The molecule has 0 amide bonds. The van der Waals surface area contributed by atoms with Crippen molar-refractivity contribution in [3.8, 4) is 0 Å². The summed E-state index contributed by atoms with van der Waals surface area (Å²) < 4.78 is 16.2. The van der Waals surface area contributed by atoms with Gasteiger partial charge in [0.15, 0.2) is 0 Å². The van der Waals surface area contributed by atoms with Gasteiger partial charge in [0.05, 0.1) is 36.3 Å². The first-order chi connectivity index (χ1) is 24.3. The molecule has 9 heteroatoms. The number of carbonyl (C=O) groups is 4. The van der Waals surface area contributed by atoms with Crippen LogP contribution in [0.4, 0.5) is 0 Å². The van der Waals surface area contributed by atoms with E-state index in [1.807, 2.05) is 78.8 Å². The molecule has 0 aliphatic heterocycles. The number of carbonyl (C=O) groups excluding carboxylic acids is 3. The van der Waals surface area contributed by atoms with Crippen LogP contribution in [0.2, 0.25) is 0 Å². The number of halogens is 1. The summed E-state index contributed by atoms with van der Waals surface area (Å²) in [4.78, 5) is 46.2. The van der Waals surface area contributed by atoms with Crippen LogP contribution in [0.1, 0.15) is 155 Å². The third-order valence-electron chi connectivity index (χ3n) is 8.48. The molecule has 0 saturated carbocycles. The number of hydrogen-bond acceptors (Lipinski definition) is 7. The Morgan fingerprint density at radius 2 is 1.13 bits per heavy atom. The number of ether oxygens (including phenoxy) is 3. The van der Waals surface area contributed by atoms with Crippen molar-refractivity contribution in [3.05, 3.63) is 35.9 Å². The zero-order valence-corrected chi connectivity index (χ0v) is 37.9. The lowest BCUT2D eigenvalue weighted by molar-refractivity contribution is -0.151. The predicted molar refractivity (Wildman–Crippen MR) is 222 cm³/mol. The maximum Gasteiger partial charge on any atom is 0.309 e. The fraction of sp³-hybridized carbons (Fsp3) is 0.778. The van der Waals surface area contributed by atoms with E-state index in [-0.39, 0.29) is 65.1 Å². The van der Waals surface area contributed by atoms with Gasteiger partial charge in [0.1, 0.15) is 12.4 Å². The van der Waals surface area contributed by atoms with Crippen molar-refractivity contribution in [1.82, 2.24) is 0 Å². The zero-order chi connectivity index (χ0) is 42.7. The van der Waals surface area contributed by atoms with Gasteiger partial charge in [0.25, 0.3) is 0 Å². The molecule has 1 aromatic carbocycles. The molecule has 6 atom stereocenters. The Morgan fingerprint density at radius 1 is 0.667 bits per heavy atom. The molecule has 0 fully saturated rings. The van der Waals surface area contributed by atoms with Crippen molar-refractivity contribution in [3.63, 3.8) is 0 Å². The van der Waals surface area contributed by atoms with Gasteiger partial charge in [-0.25, -0.2) is 0 Å². The van der Waals surface area contributed by atoms with Crippen LogP contribution in [0.5, 0.6) is 0 Å². The van der Waals surface area contributed by atoms with E-state index in [4.69, 9.17) is 30.9 Å². The molecule has 54 heavy (non-hydrogen) atoms. The highest BCUT2D eigenvalue weighted by atomic mass is 35.5. The average Bonchev–Trinajstić information content (AvgIpc) is 2.99. The van der Waals surface area contributed by atoms with Crippen molar-refractivity contribution < 1.29 is 38.5 Å². The number of esters is 1. The normalized spacial score (nSPS) is 15.5. The van der Waals surface area contributed by atoms with Gasteiger partial charge in [-0.15, -0.1) is 0 Å². The lowest BCUT2D eigenvalue weighted by atomic mass is 9.76. The number of rotatable bonds is 18. The third kappa shape index (κ3) is 31.0. The number of carboxylic acid groups (broad SMARTS) is 1. The minimum absolute atomic E-state index is 0.0123. The van der Waals surface area contributed by atoms with Crippen LogP contribution >= 0.6 is 11.6 Å². The number of hydrogen-bond donors (Lipinski definition) is 1. The first-order valence-electron chi connectivity index (χ1n) is 19.8. The molecule has 1 rings (SSSR count). The molecule has 1 aromatic rings. The number of benzene rings is 1. The summed E-state index contributed by atoms with van der Waals surface area (Å²) >= 11 is 5.85. The van der Waals surface area contributed by atoms with Gasteiger partial charge >= 0.3 is 11.9 Å². The van der Waals surface area contributed by atoms with Crippen LogP contribution < -0.4 is 0 Å². The van der Waals surface area contributed by atoms with E-state index in [0.717, 1.165) is 24.8 Å². The summed E-state index contributed by atoms with van der Waals surface area (Å²) in [5.41, 5.74) is 1.03. The molecule has 8 nitrogen and oxygen atoms in total. The van der Waals surface area contributed by atoms with Gasteiger partial charge in [-0.1, -0.05) is 99.6 Å². The summed E-state index contributed by atoms with van der Waals surface area (Å²) in [5, 5.41) is 8.35. The number of aliphatic carboxylic acids is 1. The van der Waals surface area contributed by atoms with Gasteiger partial charge in [0.2, 0.25) is 5.24 Å². The Kier molecular flexibility index (Phi) is 25.0. The van der Waals surface area contributed by atoms with E-state index in [1.54, 1.807) is 13.8 Å². The fourth-order valence-electron chi connectivity index (χ4n) is 5.71. The molecule has 0 saturated heterocycles. The Morgan fingerprint density at radius 3 is 1.54 bits per heavy atom. The van der Waals surface area contributed by atoms with E-state index in [9.17, 15) is 19.2 Å².